The second-order valence-corrected chi connectivity index (χ2v) is 8.43. The van der Waals surface area contributed by atoms with Crippen molar-refractivity contribution >= 4 is 17.7 Å². The first kappa shape index (κ1) is 27.3. The molecule has 1 aromatic heterocycles. The number of alkyl halides is 3. The molecule has 0 fully saturated rings. The number of carbonyl (C=O) groups excluding carboxylic acids is 1. The summed E-state index contributed by atoms with van der Waals surface area (Å²) in [4.78, 5) is 28.7. The normalized spacial score (nSPS) is 12.1. The molecule has 11 heteroatoms. The van der Waals surface area contributed by atoms with Gasteiger partial charge in [-0.3, -0.25) is 4.79 Å². The average molecular weight is 518 g/mol. The van der Waals surface area contributed by atoms with Gasteiger partial charge in [0.25, 0.3) is 5.91 Å². The Morgan fingerprint density at radius 2 is 1.78 bits per heavy atom. The first-order valence-corrected chi connectivity index (χ1v) is 11.2. The molecule has 3 N–H and O–H groups in total. The molecule has 0 saturated heterocycles. The lowest BCUT2D eigenvalue weighted by atomic mass is 10.0. The minimum Gasteiger partial charge on any atom is -0.496 e. The molecule has 1 amide bonds. The smallest absolute Gasteiger partial charge is 0.496 e. The molecule has 0 aliphatic carbocycles. The Labute approximate surface area is 211 Å². The van der Waals surface area contributed by atoms with Crippen LogP contribution in [0.3, 0.4) is 0 Å². The van der Waals surface area contributed by atoms with Crippen LogP contribution in [0, 0.1) is 5.92 Å². The van der Waals surface area contributed by atoms with Gasteiger partial charge in [0.05, 0.1) is 12.7 Å². The Morgan fingerprint density at radius 3 is 2.38 bits per heavy atom. The van der Waals surface area contributed by atoms with Crippen LogP contribution >= 0.6 is 0 Å². The van der Waals surface area contributed by atoms with E-state index in [1.165, 1.54) is 25.3 Å². The van der Waals surface area contributed by atoms with Crippen molar-refractivity contribution in [1.82, 2.24) is 10.3 Å². The van der Waals surface area contributed by atoms with Gasteiger partial charge in [0.2, 0.25) is 0 Å². The number of aliphatic carboxylic acids is 1. The number of nitrogens with zero attached hydrogens (tertiary/aromatic N) is 1. The summed E-state index contributed by atoms with van der Waals surface area (Å²) in [5.74, 6) is -1.57. The number of ether oxygens (including phenoxy) is 2. The summed E-state index contributed by atoms with van der Waals surface area (Å²) in [5, 5.41) is 14.9. The van der Waals surface area contributed by atoms with E-state index < -0.39 is 24.3 Å². The van der Waals surface area contributed by atoms with Crippen molar-refractivity contribution in [2.24, 2.45) is 5.92 Å². The van der Waals surface area contributed by atoms with Crippen LogP contribution in [-0.4, -0.2) is 41.5 Å². The lowest BCUT2D eigenvalue weighted by Crippen LogP contribution is -2.44. The minimum absolute atomic E-state index is 0.176. The summed E-state index contributed by atoms with van der Waals surface area (Å²) >= 11 is 0. The van der Waals surface area contributed by atoms with Crippen LogP contribution in [0.5, 0.6) is 11.5 Å². The molecule has 0 saturated carbocycles. The molecule has 37 heavy (non-hydrogen) atoms. The number of halogens is 3. The van der Waals surface area contributed by atoms with Crippen LogP contribution in [0.4, 0.5) is 19.0 Å². The van der Waals surface area contributed by atoms with Crippen LogP contribution < -0.4 is 20.1 Å². The quantitative estimate of drug-likeness (QED) is 0.343. The van der Waals surface area contributed by atoms with Gasteiger partial charge in [0, 0.05) is 18.3 Å². The standard InChI is InChI=1S/C26H26F3N3O5/c1-15(2)23(25(34)35)32-24(33)20-12-17(7-9-21(20)36-3)18-8-10-22(31-14-18)30-13-16-5-4-6-19(11-16)37-26(27,28)29/h4-12,14-15,23H,13H2,1-3H3,(H,30,31)(H,32,33)(H,34,35)/t23-/m0/s1. The number of hydrogen-bond donors (Lipinski definition) is 3. The summed E-state index contributed by atoms with van der Waals surface area (Å²) in [6.45, 7) is 3.61. The predicted octanol–water partition coefficient (Wildman–Crippen LogP) is 5.11. The van der Waals surface area contributed by atoms with Gasteiger partial charge < -0.3 is 25.2 Å². The molecular weight excluding hydrogens is 491 g/mol. The van der Waals surface area contributed by atoms with Gasteiger partial charge in [0.15, 0.2) is 0 Å². The number of carbonyl (C=O) groups is 2. The van der Waals surface area contributed by atoms with E-state index in [-0.39, 0.29) is 29.5 Å². The highest BCUT2D eigenvalue weighted by molar-refractivity contribution is 6.00. The lowest BCUT2D eigenvalue weighted by molar-refractivity contribution is -0.274. The number of anilines is 1. The van der Waals surface area contributed by atoms with Crippen LogP contribution in [0.1, 0.15) is 29.8 Å². The second-order valence-electron chi connectivity index (χ2n) is 8.43. The number of rotatable bonds is 10. The predicted molar refractivity (Wildman–Crippen MR) is 130 cm³/mol. The van der Waals surface area contributed by atoms with Crippen molar-refractivity contribution in [1.29, 1.82) is 0 Å². The van der Waals surface area contributed by atoms with Gasteiger partial charge in [-0.05, 0) is 53.4 Å². The Morgan fingerprint density at radius 1 is 1.05 bits per heavy atom. The molecule has 0 spiro atoms. The number of benzene rings is 2. The highest BCUT2D eigenvalue weighted by Crippen LogP contribution is 2.28. The third kappa shape index (κ3) is 7.60. The van der Waals surface area contributed by atoms with E-state index in [2.05, 4.69) is 20.4 Å². The Hall–Kier alpha value is -4.28. The molecule has 0 unspecified atom stereocenters. The van der Waals surface area contributed by atoms with Crippen molar-refractivity contribution in [2.45, 2.75) is 32.8 Å². The maximum absolute atomic E-state index is 12.9. The van der Waals surface area contributed by atoms with Crippen molar-refractivity contribution in [3.8, 4) is 22.6 Å². The molecule has 3 rings (SSSR count). The molecule has 0 aliphatic rings. The van der Waals surface area contributed by atoms with E-state index in [9.17, 15) is 27.9 Å². The summed E-state index contributed by atoms with van der Waals surface area (Å²) in [6, 6.07) is 12.9. The van der Waals surface area contributed by atoms with Crippen molar-refractivity contribution in [2.75, 3.05) is 12.4 Å². The molecule has 196 valence electrons. The molecule has 1 atom stereocenters. The van der Waals surface area contributed by atoms with E-state index in [4.69, 9.17) is 4.74 Å². The van der Waals surface area contributed by atoms with Crippen LogP contribution in [0.2, 0.25) is 0 Å². The van der Waals surface area contributed by atoms with Crippen LogP contribution in [0.15, 0.2) is 60.8 Å². The van der Waals surface area contributed by atoms with E-state index in [1.807, 2.05) is 0 Å². The number of amides is 1. The van der Waals surface area contributed by atoms with Gasteiger partial charge >= 0.3 is 12.3 Å². The number of aromatic nitrogens is 1. The number of pyridine rings is 1. The number of hydrogen-bond acceptors (Lipinski definition) is 6. The number of carboxylic acid groups (broad SMARTS) is 1. The van der Waals surface area contributed by atoms with E-state index in [1.54, 1.807) is 56.4 Å². The zero-order chi connectivity index (χ0) is 27.2. The van der Waals surface area contributed by atoms with Gasteiger partial charge in [-0.1, -0.05) is 32.0 Å². The fraction of sp³-hybridized carbons (Fsp3) is 0.269. The zero-order valence-corrected chi connectivity index (χ0v) is 20.3. The van der Waals surface area contributed by atoms with Crippen LogP contribution in [0.25, 0.3) is 11.1 Å². The SMILES string of the molecule is COc1ccc(-c2ccc(NCc3cccc(OC(F)(F)F)c3)nc2)cc1C(=O)N[C@H](C(=O)O)C(C)C. The monoisotopic (exact) mass is 517 g/mol. The maximum Gasteiger partial charge on any atom is 0.573 e. The fourth-order valence-corrected chi connectivity index (χ4v) is 3.51. The topological polar surface area (TPSA) is 110 Å². The molecular formula is C26H26F3N3O5. The third-order valence-corrected chi connectivity index (χ3v) is 5.37. The maximum atomic E-state index is 12.9. The summed E-state index contributed by atoms with van der Waals surface area (Å²) < 4.78 is 46.5. The lowest BCUT2D eigenvalue weighted by Gasteiger charge is -2.19. The Balaban J connectivity index is 1.73. The largest absolute Gasteiger partial charge is 0.573 e. The highest BCUT2D eigenvalue weighted by Gasteiger charge is 2.31. The summed E-state index contributed by atoms with van der Waals surface area (Å²) in [7, 11) is 1.41. The minimum atomic E-state index is -4.77. The fourth-order valence-electron chi connectivity index (χ4n) is 3.51. The third-order valence-electron chi connectivity index (χ3n) is 5.37. The first-order valence-electron chi connectivity index (χ1n) is 11.2. The summed E-state index contributed by atoms with van der Waals surface area (Å²) in [6.07, 6.45) is -3.19. The van der Waals surface area contributed by atoms with Gasteiger partial charge in [-0.25, -0.2) is 9.78 Å². The molecule has 0 radical (unpaired) electrons. The van der Waals surface area contributed by atoms with Gasteiger partial charge in [0.1, 0.15) is 23.4 Å². The Kier molecular flexibility index (Phi) is 8.59. The van der Waals surface area contributed by atoms with Crippen molar-refractivity contribution in [3.05, 3.63) is 71.9 Å². The average Bonchev–Trinajstić information content (AvgIpc) is 2.84. The number of methoxy groups -OCH3 is 1. The van der Waals surface area contributed by atoms with Crippen LogP contribution in [-0.2, 0) is 11.3 Å². The Bertz CT molecular complexity index is 1250. The number of carboxylic acids is 1. The second kappa shape index (κ2) is 11.6. The van der Waals surface area contributed by atoms with Crippen molar-refractivity contribution in [3.63, 3.8) is 0 Å². The van der Waals surface area contributed by atoms with E-state index >= 15 is 0 Å². The molecule has 0 bridgehead atoms. The van der Waals surface area contributed by atoms with E-state index in [0.717, 1.165) is 0 Å². The zero-order valence-electron chi connectivity index (χ0n) is 20.3. The van der Waals surface area contributed by atoms with Gasteiger partial charge in [-0.2, -0.15) is 0 Å². The van der Waals surface area contributed by atoms with Gasteiger partial charge in [-0.15, -0.1) is 13.2 Å². The number of nitrogens with one attached hydrogen (secondary N) is 2. The first-order chi connectivity index (χ1) is 17.5. The molecule has 3 aromatic rings. The van der Waals surface area contributed by atoms with Crippen molar-refractivity contribution < 1.29 is 37.3 Å². The van der Waals surface area contributed by atoms with E-state index in [0.29, 0.717) is 22.5 Å². The molecule has 8 nitrogen and oxygen atoms in total. The summed E-state index contributed by atoms with van der Waals surface area (Å²) in [5.41, 5.74) is 2.08. The molecule has 1 heterocycles. The molecule has 0 aliphatic heterocycles. The highest BCUT2D eigenvalue weighted by atomic mass is 19.4. The molecule has 2 aromatic carbocycles.